The summed E-state index contributed by atoms with van der Waals surface area (Å²) in [5.74, 6) is 0.631. The quantitative estimate of drug-likeness (QED) is 0.744. The van der Waals surface area contributed by atoms with E-state index < -0.39 is 8.24 Å². The van der Waals surface area contributed by atoms with Gasteiger partial charge in [-0.3, -0.25) is 0 Å². The van der Waals surface area contributed by atoms with Crippen molar-refractivity contribution in [2.75, 3.05) is 0 Å². The van der Waals surface area contributed by atoms with Crippen LogP contribution in [0.25, 0.3) is 0 Å². The summed E-state index contributed by atoms with van der Waals surface area (Å²) in [4.78, 5) is 3.89. The number of nitrogens with one attached hydrogen (secondary N) is 1. The summed E-state index contributed by atoms with van der Waals surface area (Å²) in [7, 11) is -1.53. The van der Waals surface area contributed by atoms with E-state index in [0.29, 0.717) is 5.92 Å². The summed E-state index contributed by atoms with van der Waals surface area (Å²) in [6.07, 6.45) is 0. The first-order chi connectivity index (χ1) is 7.47. The second-order valence-electron chi connectivity index (χ2n) is 7.07. The van der Waals surface area contributed by atoms with Gasteiger partial charge in [-0.25, -0.2) is 0 Å². The molecule has 1 rings (SSSR count). The van der Waals surface area contributed by atoms with Gasteiger partial charge < -0.3 is 4.98 Å². The molecule has 0 saturated carbocycles. The van der Waals surface area contributed by atoms with Crippen molar-refractivity contribution >= 4 is 8.24 Å². The minimum Gasteiger partial charge on any atom is -0.329 e. The molecule has 0 aromatic heterocycles. The van der Waals surface area contributed by atoms with Crippen molar-refractivity contribution in [2.24, 2.45) is 5.92 Å². The third kappa shape index (κ3) is 3.69. The average molecular weight is 299 g/mol. The third-order valence-electron chi connectivity index (χ3n) is 4.00. The Hall–Kier alpha value is 0.371. The number of hydrogen-bond donors (Lipinski definition) is 1. The first kappa shape index (κ1) is 18.4. The Bertz CT molecular complexity index is 386. The van der Waals surface area contributed by atoms with Gasteiger partial charge in [0.25, 0.3) is 0 Å². The molecule has 0 saturated heterocycles. The van der Waals surface area contributed by atoms with E-state index in [1.54, 1.807) is 16.3 Å². The van der Waals surface area contributed by atoms with Gasteiger partial charge in [-0.1, -0.05) is 36.4 Å². The van der Waals surface area contributed by atoms with Crippen LogP contribution in [0.15, 0.2) is 21.9 Å². The van der Waals surface area contributed by atoms with Crippen molar-refractivity contribution in [1.82, 2.24) is 4.98 Å². The summed E-state index contributed by atoms with van der Waals surface area (Å²) in [5.41, 5.74) is 4.83. The van der Waals surface area contributed by atoms with Crippen LogP contribution in [-0.4, -0.2) is 13.8 Å². The molecule has 0 amide bonds. The van der Waals surface area contributed by atoms with Crippen LogP contribution in [0.3, 0.4) is 0 Å². The van der Waals surface area contributed by atoms with Crippen LogP contribution in [0.5, 0.6) is 0 Å². The minimum atomic E-state index is -1.53. The van der Waals surface area contributed by atoms with Crippen molar-refractivity contribution in [3.8, 4) is 0 Å². The van der Waals surface area contributed by atoms with Crippen LogP contribution in [0.1, 0.15) is 48.5 Å². The molecule has 102 valence electrons. The summed E-state index contributed by atoms with van der Waals surface area (Å²) < 4.78 is 0. The van der Waals surface area contributed by atoms with Crippen LogP contribution >= 0.6 is 0 Å². The Morgan fingerprint density at radius 1 is 1.00 bits per heavy atom. The normalized spacial score (nSPS) is 21.5. The van der Waals surface area contributed by atoms with E-state index >= 15 is 0 Å². The number of allylic oxidation sites excluding steroid dienone is 4. The van der Waals surface area contributed by atoms with Gasteiger partial charge in [-0.15, -0.1) is 0 Å². The largest absolute Gasteiger partial charge is 0.329 e. The zero-order chi connectivity index (χ0) is 13.6. The molecule has 0 aliphatic heterocycles. The fraction of sp³-hybridized carbons (Fsp3) is 0.733. The van der Waals surface area contributed by atoms with Crippen LogP contribution in [0, 0.1) is 5.92 Å². The van der Waals surface area contributed by atoms with Crippen LogP contribution in [0.4, 0.5) is 0 Å². The van der Waals surface area contributed by atoms with Gasteiger partial charge in [0, 0.05) is 27.3 Å². The molecule has 0 radical (unpaired) electrons. The molecule has 18 heavy (non-hydrogen) atoms. The van der Waals surface area contributed by atoms with Gasteiger partial charge in [0.05, 0.1) is 0 Å². The van der Waals surface area contributed by atoms with E-state index in [2.05, 4.69) is 66.5 Å². The third-order valence-corrected chi connectivity index (χ3v) is 7.53. The van der Waals surface area contributed by atoms with E-state index in [1.165, 1.54) is 5.57 Å². The molecule has 0 heterocycles. The van der Waals surface area contributed by atoms with Gasteiger partial charge in [0.15, 0.2) is 0 Å². The fourth-order valence-corrected chi connectivity index (χ4v) is 7.81. The Balaban J connectivity index is 0.00000289. The second kappa shape index (κ2) is 5.78. The molecule has 1 aliphatic rings. The average Bonchev–Trinajstić information content (AvgIpc) is 2.27. The minimum absolute atomic E-state index is 0. The van der Waals surface area contributed by atoms with Crippen molar-refractivity contribution in [2.45, 2.75) is 67.1 Å². The molecule has 1 aliphatic carbocycles. The Morgan fingerprint density at radius 3 is 1.72 bits per heavy atom. The first-order valence-corrected chi connectivity index (χ1v) is 9.65. The number of rotatable bonds is 2. The maximum atomic E-state index is 3.89. The predicted octanol–water partition coefficient (Wildman–Crippen LogP) is 4.42. The molecule has 0 spiro atoms. The van der Waals surface area contributed by atoms with E-state index in [1.807, 2.05) is 0 Å². The zero-order valence-electron chi connectivity index (χ0n) is 13.6. The topological polar surface area (TPSA) is 12.0 Å². The van der Waals surface area contributed by atoms with Crippen molar-refractivity contribution in [3.05, 3.63) is 21.9 Å². The zero-order valence-corrected chi connectivity index (χ0v) is 16.1. The maximum Gasteiger partial charge on any atom is 0.148 e. The molecule has 1 atom stereocenters. The Morgan fingerprint density at radius 2 is 1.44 bits per heavy atom. The molecule has 0 fully saturated rings. The molecule has 1 unspecified atom stereocenters. The van der Waals surface area contributed by atoms with Gasteiger partial charge in [-0.05, 0) is 53.0 Å². The smallest absolute Gasteiger partial charge is 0.148 e. The molecule has 0 bridgehead atoms. The van der Waals surface area contributed by atoms with Crippen molar-refractivity contribution in [1.29, 1.82) is 0 Å². The number of hydrogen-bond acceptors (Lipinski definition) is 1. The summed E-state index contributed by atoms with van der Waals surface area (Å²) in [6, 6.07) is 0. The molecule has 0 aromatic rings. The summed E-state index contributed by atoms with van der Waals surface area (Å²) in [6.45, 7) is 20.9. The van der Waals surface area contributed by atoms with E-state index in [0.717, 1.165) is 0 Å². The molecular weight excluding hydrogens is 270 g/mol. The molecule has 3 heteroatoms. The monoisotopic (exact) mass is 299 g/mol. The summed E-state index contributed by atoms with van der Waals surface area (Å²) in [5, 5.41) is 1.70. The molecular formula is C15H29NSiTi. The van der Waals surface area contributed by atoms with Gasteiger partial charge in [-0.2, -0.15) is 0 Å². The standard InChI is InChI=1S/C15H29NSi.Ti/c1-10-11(2)13(4)14(12(10)3)17(8,9)16-15(5,6)7;/h12,16H,1-9H3;. The van der Waals surface area contributed by atoms with Crippen LogP contribution < -0.4 is 4.98 Å². The SMILES string of the molecule is CC1=C(C)C(C)C([Si](C)(C)NC(C)(C)C)=C1C.[Ti]. The summed E-state index contributed by atoms with van der Waals surface area (Å²) >= 11 is 0. The van der Waals surface area contributed by atoms with Crippen molar-refractivity contribution in [3.63, 3.8) is 0 Å². The molecule has 1 N–H and O–H groups in total. The van der Waals surface area contributed by atoms with Crippen LogP contribution in [-0.2, 0) is 21.7 Å². The van der Waals surface area contributed by atoms with E-state index in [4.69, 9.17) is 0 Å². The van der Waals surface area contributed by atoms with Gasteiger partial charge >= 0.3 is 0 Å². The maximum absolute atomic E-state index is 3.89. The van der Waals surface area contributed by atoms with Gasteiger partial charge in [0.1, 0.15) is 8.24 Å². The fourth-order valence-electron chi connectivity index (χ4n) is 3.38. The van der Waals surface area contributed by atoms with Crippen molar-refractivity contribution < 1.29 is 21.7 Å². The van der Waals surface area contributed by atoms with Gasteiger partial charge in [0.2, 0.25) is 0 Å². The van der Waals surface area contributed by atoms with E-state index in [-0.39, 0.29) is 27.3 Å². The van der Waals surface area contributed by atoms with E-state index in [9.17, 15) is 0 Å². The second-order valence-corrected chi connectivity index (χ2v) is 11.1. The molecule has 0 aromatic carbocycles. The molecule has 1 nitrogen and oxygen atoms in total. The first-order valence-electron chi connectivity index (χ1n) is 6.65. The Labute approximate surface area is 129 Å². The predicted molar refractivity (Wildman–Crippen MR) is 80.6 cm³/mol. The van der Waals surface area contributed by atoms with Crippen LogP contribution in [0.2, 0.25) is 13.1 Å². The Kier molecular flexibility index (Phi) is 5.90.